The molecule has 0 aromatic heterocycles. The van der Waals surface area contributed by atoms with Crippen molar-refractivity contribution in [3.8, 4) is 0 Å². The van der Waals surface area contributed by atoms with Crippen LogP contribution in [0.3, 0.4) is 0 Å². The molecule has 0 aliphatic heterocycles. The molecule has 2 N–H and O–H groups in total. The van der Waals surface area contributed by atoms with E-state index in [2.05, 4.69) is 0 Å². The van der Waals surface area contributed by atoms with E-state index < -0.39 is 12.4 Å². The molecule has 0 heterocycles. The second-order valence-corrected chi connectivity index (χ2v) is 3.49. The summed E-state index contributed by atoms with van der Waals surface area (Å²) in [6, 6.07) is 9.61. The Balaban J connectivity index is 2.22. The Kier molecular flexibility index (Phi) is 4.97. The Morgan fingerprint density at radius 3 is 2.50 bits per heavy atom. The van der Waals surface area contributed by atoms with Crippen LogP contribution in [0.15, 0.2) is 30.3 Å². The zero-order valence-corrected chi connectivity index (χ0v) is 8.39. The summed E-state index contributed by atoms with van der Waals surface area (Å²) in [5.74, 6) is 0. The summed E-state index contributed by atoms with van der Waals surface area (Å²) < 4.78 is 5.19. The number of rotatable bonds is 5. The van der Waals surface area contributed by atoms with Crippen molar-refractivity contribution in [3.05, 3.63) is 35.9 Å². The number of halogens is 1. The predicted molar refractivity (Wildman–Crippen MR) is 55.9 cm³/mol. The van der Waals surface area contributed by atoms with Crippen LogP contribution in [0.4, 0.5) is 0 Å². The highest BCUT2D eigenvalue weighted by Crippen LogP contribution is 2.03. The summed E-state index contributed by atoms with van der Waals surface area (Å²) in [7, 11) is -1.53. The summed E-state index contributed by atoms with van der Waals surface area (Å²) in [6.45, 7) is 0.547. The van der Waals surface area contributed by atoms with Crippen LogP contribution in [-0.4, -0.2) is 29.0 Å². The van der Waals surface area contributed by atoms with Crippen LogP contribution >= 0.6 is 11.6 Å². The van der Waals surface area contributed by atoms with Crippen LogP contribution in [0, 0.1) is 0 Å². The molecule has 0 bridgehead atoms. The van der Waals surface area contributed by atoms with Gasteiger partial charge in [-0.1, -0.05) is 30.3 Å². The quantitative estimate of drug-likeness (QED) is 0.564. The van der Waals surface area contributed by atoms with Crippen LogP contribution in [0.25, 0.3) is 0 Å². The van der Waals surface area contributed by atoms with Gasteiger partial charge in [-0.2, -0.15) is 0 Å². The van der Waals surface area contributed by atoms with Crippen molar-refractivity contribution in [2.75, 3.05) is 6.61 Å². The second-order valence-electron chi connectivity index (χ2n) is 2.93. The first-order valence-corrected chi connectivity index (χ1v) is 4.75. The molecular formula is C9H12BClO3. The molecule has 0 fully saturated rings. The summed E-state index contributed by atoms with van der Waals surface area (Å²) in [5.41, 5.74) is 1.03. The van der Waals surface area contributed by atoms with E-state index in [1.54, 1.807) is 0 Å². The highest BCUT2D eigenvalue weighted by Gasteiger charge is 2.20. The fourth-order valence-corrected chi connectivity index (χ4v) is 1.04. The van der Waals surface area contributed by atoms with E-state index in [0.717, 1.165) is 5.56 Å². The number of benzene rings is 1. The van der Waals surface area contributed by atoms with Gasteiger partial charge >= 0.3 is 7.12 Å². The molecule has 0 aliphatic rings. The molecule has 1 atom stereocenters. The van der Waals surface area contributed by atoms with Gasteiger partial charge in [0.15, 0.2) is 0 Å². The Morgan fingerprint density at radius 1 is 1.29 bits per heavy atom. The lowest BCUT2D eigenvalue weighted by molar-refractivity contribution is 0.125. The lowest BCUT2D eigenvalue weighted by Gasteiger charge is -2.08. The maximum Gasteiger partial charge on any atom is 0.473 e. The highest BCUT2D eigenvalue weighted by atomic mass is 35.5. The molecule has 76 valence electrons. The van der Waals surface area contributed by atoms with Gasteiger partial charge in [0.2, 0.25) is 0 Å². The van der Waals surface area contributed by atoms with Crippen molar-refractivity contribution in [1.82, 2.24) is 0 Å². The first kappa shape index (κ1) is 11.5. The number of hydrogen-bond acceptors (Lipinski definition) is 3. The molecule has 0 saturated heterocycles. The molecule has 1 aromatic carbocycles. The summed E-state index contributed by atoms with van der Waals surface area (Å²) >= 11 is 5.56. The molecule has 3 nitrogen and oxygen atoms in total. The average Bonchev–Trinajstić information content (AvgIpc) is 2.19. The minimum Gasteiger partial charge on any atom is -0.426 e. The third-order valence-electron chi connectivity index (χ3n) is 1.71. The molecule has 1 rings (SSSR count). The fourth-order valence-electron chi connectivity index (χ4n) is 0.950. The number of alkyl halides is 1. The minimum absolute atomic E-state index is 0.119. The second kappa shape index (κ2) is 6.04. The van der Waals surface area contributed by atoms with Gasteiger partial charge in [0, 0.05) is 0 Å². The lowest BCUT2D eigenvalue weighted by atomic mass is 9.86. The topological polar surface area (TPSA) is 49.7 Å². The van der Waals surface area contributed by atoms with E-state index in [0.29, 0.717) is 6.61 Å². The standard InChI is InChI=1S/C9H12BClO3/c11-9(10(12)13)7-14-6-8-4-2-1-3-5-8/h1-5,9,12-13H,6-7H2. The third kappa shape index (κ3) is 4.11. The average molecular weight is 214 g/mol. The van der Waals surface area contributed by atoms with Crippen molar-refractivity contribution in [1.29, 1.82) is 0 Å². The van der Waals surface area contributed by atoms with Crippen LogP contribution in [0.1, 0.15) is 5.56 Å². The van der Waals surface area contributed by atoms with Gasteiger partial charge in [0.1, 0.15) is 0 Å². The molecule has 0 spiro atoms. The van der Waals surface area contributed by atoms with E-state index in [4.69, 9.17) is 26.4 Å². The minimum atomic E-state index is -1.53. The highest BCUT2D eigenvalue weighted by molar-refractivity contribution is 6.57. The zero-order chi connectivity index (χ0) is 10.4. The lowest BCUT2D eigenvalue weighted by Crippen LogP contribution is -2.30. The molecule has 14 heavy (non-hydrogen) atoms. The molecule has 1 unspecified atom stereocenters. The maximum atomic E-state index is 8.66. The van der Waals surface area contributed by atoms with Gasteiger partial charge in [-0.15, -0.1) is 11.6 Å². The normalized spacial score (nSPS) is 12.5. The molecule has 0 aliphatic carbocycles. The largest absolute Gasteiger partial charge is 0.473 e. The van der Waals surface area contributed by atoms with Crippen LogP contribution < -0.4 is 0 Å². The van der Waals surface area contributed by atoms with Gasteiger partial charge < -0.3 is 14.8 Å². The molecule has 0 radical (unpaired) electrons. The molecule has 5 heteroatoms. The van der Waals surface area contributed by atoms with E-state index in [9.17, 15) is 0 Å². The van der Waals surface area contributed by atoms with Crippen LogP contribution in [-0.2, 0) is 11.3 Å². The monoisotopic (exact) mass is 214 g/mol. The molecular weight excluding hydrogens is 202 g/mol. The van der Waals surface area contributed by atoms with E-state index >= 15 is 0 Å². The predicted octanol–water partition coefficient (Wildman–Crippen LogP) is 0.823. The summed E-state index contributed by atoms with van der Waals surface area (Å²) in [6.07, 6.45) is 0. The Hall–Kier alpha value is -0.545. The maximum absolute atomic E-state index is 8.66. The van der Waals surface area contributed by atoms with Gasteiger partial charge in [-0.05, 0) is 5.56 Å². The van der Waals surface area contributed by atoms with Gasteiger partial charge in [0.05, 0.1) is 18.5 Å². The zero-order valence-electron chi connectivity index (χ0n) is 7.64. The molecule has 0 saturated carbocycles. The van der Waals surface area contributed by atoms with Crippen molar-refractivity contribution < 1.29 is 14.8 Å². The Bertz CT molecular complexity index is 255. The van der Waals surface area contributed by atoms with Gasteiger partial charge in [0.25, 0.3) is 0 Å². The first-order chi connectivity index (χ1) is 6.70. The van der Waals surface area contributed by atoms with Gasteiger partial charge in [-0.3, -0.25) is 0 Å². The fraction of sp³-hybridized carbons (Fsp3) is 0.333. The van der Waals surface area contributed by atoms with Gasteiger partial charge in [-0.25, -0.2) is 0 Å². The van der Waals surface area contributed by atoms with E-state index in [1.165, 1.54) is 0 Å². The van der Waals surface area contributed by atoms with E-state index in [-0.39, 0.29) is 6.61 Å². The van der Waals surface area contributed by atoms with Crippen LogP contribution in [0.5, 0.6) is 0 Å². The first-order valence-electron chi connectivity index (χ1n) is 4.32. The number of hydrogen-bond donors (Lipinski definition) is 2. The summed E-state index contributed by atoms with van der Waals surface area (Å²) in [5, 5.41) is 16.5. The van der Waals surface area contributed by atoms with E-state index in [1.807, 2.05) is 30.3 Å². The third-order valence-corrected chi connectivity index (χ3v) is 2.06. The SMILES string of the molecule is OB(O)C(Cl)COCc1ccccc1. The van der Waals surface area contributed by atoms with Crippen molar-refractivity contribution in [3.63, 3.8) is 0 Å². The molecule has 1 aromatic rings. The van der Waals surface area contributed by atoms with Crippen molar-refractivity contribution >= 4 is 18.7 Å². The van der Waals surface area contributed by atoms with Crippen molar-refractivity contribution in [2.24, 2.45) is 0 Å². The van der Waals surface area contributed by atoms with Crippen molar-refractivity contribution in [2.45, 2.75) is 11.9 Å². The Labute approximate surface area is 88.4 Å². The smallest absolute Gasteiger partial charge is 0.426 e. The number of ether oxygens (including phenoxy) is 1. The summed E-state index contributed by atoms with van der Waals surface area (Å²) in [4.78, 5) is 0. The Morgan fingerprint density at radius 2 is 1.93 bits per heavy atom. The van der Waals surface area contributed by atoms with Crippen LogP contribution in [0.2, 0.25) is 0 Å². The molecule has 0 amide bonds.